The number of methoxy groups -OCH3 is 2. The monoisotopic (exact) mass is 382 g/mol. The van der Waals surface area contributed by atoms with Crippen molar-refractivity contribution in [3.05, 3.63) is 40.0 Å². The van der Waals surface area contributed by atoms with Gasteiger partial charge in [-0.25, -0.2) is 9.97 Å². The molecule has 7 heteroatoms. The third-order valence-corrected chi connectivity index (χ3v) is 5.66. The first kappa shape index (κ1) is 18.9. The van der Waals surface area contributed by atoms with E-state index in [-0.39, 0.29) is 0 Å². The van der Waals surface area contributed by atoms with Gasteiger partial charge in [-0.1, -0.05) is 6.07 Å². The molecular weight excluding hydrogens is 360 g/mol. The van der Waals surface area contributed by atoms with E-state index in [1.165, 1.54) is 11.3 Å². The zero-order chi connectivity index (χ0) is 19.6. The predicted molar refractivity (Wildman–Crippen MR) is 108 cm³/mol. The van der Waals surface area contributed by atoms with Crippen LogP contribution in [0.5, 0.6) is 11.5 Å². The summed E-state index contributed by atoms with van der Waals surface area (Å²) in [5.74, 6) is 2.96. The molecule has 0 radical (unpaired) electrons. The van der Waals surface area contributed by atoms with Gasteiger partial charge in [0.1, 0.15) is 27.4 Å². The molecule has 0 amide bonds. The van der Waals surface area contributed by atoms with Crippen molar-refractivity contribution >= 4 is 27.4 Å². The van der Waals surface area contributed by atoms with Crippen LogP contribution in [0.25, 0.3) is 10.2 Å². The molecule has 0 unspecified atom stereocenters. The highest BCUT2D eigenvalue weighted by Gasteiger charge is 2.18. The Kier molecular flexibility index (Phi) is 5.47. The first-order valence-corrected chi connectivity index (χ1v) is 9.46. The second kappa shape index (κ2) is 7.80. The van der Waals surface area contributed by atoms with E-state index >= 15 is 0 Å². The van der Waals surface area contributed by atoms with Gasteiger partial charge in [0.05, 0.1) is 19.6 Å². The van der Waals surface area contributed by atoms with Gasteiger partial charge in [-0.3, -0.25) is 0 Å². The van der Waals surface area contributed by atoms with Crippen molar-refractivity contribution < 1.29 is 9.47 Å². The molecule has 2 heterocycles. The van der Waals surface area contributed by atoms with Crippen molar-refractivity contribution in [1.82, 2.24) is 9.97 Å². The lowest BCUT2D eigenvalue weighted by Gasteiger charge is -2.18. The molecule has 0 spiro atoms. The van der Waals surface area contributed by atoms with Crippen molar-refractivity contribution in [1.29, 1.82) is 5.26 Å². The number of nitrogens with zero attached hydrogens (tertiary/aromatic N) is 4. The summed E-state index contributed by atoms with van der Waals surface area (Å²) in [5, 5.41) is 10.4. The van der Waals surface area contributed by atoms with E-state index in [0.717, 1.165) is 39.5 Å². The van der Waals surface area contributed by atoms with Gasteiger partial charge in [0.15, 0.2) is 11.5 Å². The van der Waals surface area contributed by atoms with Gasteiger partial charge in [0.25, 0.3) is 0 Å². The second-order valence-corrected chi connectivity index (χ2v) is 7.19. The normalized spacial score (nSPS) is 10.7. The molecule has 3 aromatic rings. The van der Waals surface area contributed by atoms with Crippen LogP contribution >= 0.6 is 11.3 Å². The highest BCUT2D eigenvalue weighted by Crippen LogP contribution is 2.35. The van der Waals surface area contributed by atoms with Gasteiger partial charge in [-0.2, -0.15) is 5.26 Å². The van der Waals surface area contributed by atoms with Crippen molar-refractivity contribution in [3.8, 4) is 17.6 Å². The summed E-state index contributed by atoms with van der Waals surface area (Å²) in [6.45, 7) is 4.86. The van der Waals surface area contributed by atoms with E-state index in [1.807, 2.05) is 32.2 Å². The van der Waals surface area contributed by atoms with Crippen molar-refractivity contribution in [2.45, 2.75) is 20.3 Å². The summed E-state index contributed by atoms with van der Waals surface area (Å²) >= 11 is 1.42. The van der Waals surface area contributed by atoms with Crippen molar-refractivity contribution in [2.75, 3.05) is 32.7 Å². The number of rotatable bonds is 6. The molecule has 1 aromatic carbocycles. The average molecular weight is 382 g/mol. The molecule has 0 aliphatic carbocycles. The van der Waals surface area contributed by atoms with Crippen LogP contribution in [0.2, 0.25) is 0 Å². The van der Waals surface area contributed by atoms with Crippen molar-refractivity contribution in [3.63, 3.8) is 0 Å². The highest BCUT2D eigenvalue weighted by atomic mass is 32.1. The molecule has 0 aliphatic rings. The van der Waals surface area contributed by atoms with E-state index in [9.17, 15) is 5.26 Å². The number of nitriles is 1. The fourth-order valence-corrected chi connectivity index (χ4v) is 3.94. The maximum atomic E-state index is 9.39. The van der Waals surface area contributed by atoms with Crippen LogP contribution in [0, 0.1) is 18.3 Å². The standard InChI is InChI=1S/C20H22N4O2S/c1-6-24(3)19-18-12(2)16(11-21)27-20(18)23-17(22-19)10-13-7-8-14(25-4)15(9-13)26-5/h7-9H,6,10H2,1-5H3. The molecule has 27 heavy (non-hydrogen) atoms. The molecule has 0 saturated carbocycles. The number of benzene rings is 1. The third-order valence-electron chi connectivity index (χ3n) is 4.57. The zero-order valence-corrected chi connectivity index (χ0v) is 17.0. The molecule has 2 aromatic heterocycles. The Labute approximate surface area is 163 Å². The minimum atomic E-state index is 0.569. The molecule has 3 rings (SSSR count). The minimum absolute atomic E-state index is 0.569. The fraction of sp³-hybridized carbons (Fsp3) is 0.350. The average Bonchev–Trinajstić information content (AvgIpc) is 3.02. The molecule has 0 aliphatic heterocycles. The molecule has 6 nitrogen and oxygen atoms in total. The second-order valence-electron chi connectivity index (χ2n) is 6.19. The van der Waals surface area contributed by atoms with E-state index in [4.69, 9.17) is 19.4 Å². The smallest absolute Gasteiger partial charge is 0.161 e. The molecule has 140 valence electrons. The Morgan fingerprint density at radius 3 is 2.56 bits per heavy atom. The van der Waals surface area contributed by atoms with E-state index in [1.54, 1.807) is 14.2 Å². The molecular formula is C20H22N4O2S. The Morgan fingerprint density at radius 2 is 1.93 bits per heavy atom. The number of hydrogen-bond acceptors (Lipinski definition) is 7. The molecule has 0 N–H and O–H groups in total. The molecule has 0 atom stereocenters. The van der Waals surface area contributed by atoms with Gasteiger partial charge >= 0.3 is 0 Å². The minimum Gasteiger partial charge on any atom is -0.493 e. The van der Waals surface area contributed by atoms with Crippen LogP contribution in [-0.2, 0) is 6.42 Å². The summed E-state index contributed by atoms with van der Waals surface area (Å²) in [6.07, 6.45) is 0.569. The fourth-order valence-electron chi connectivity index (χ4n) is 2.95. The van der Waals surface area contributed by atoms with Crippen LogP contribution < -0.4 is 14.4 Å². The van der Waals surface area contributed by atoms with Crippen LogP contribution in [0.3, 0.4) is 0 Å². The largest absolute Gasteiger partial charge is 0.493 e. The molecule has 0 fully saturated rings. The third kappa shape index (κ3) is 3.53. The summed E-state index contributed by atoms with van der Waals surface area (Å²) in [5.41, 5.74) is 1.98. The van der Waals surface area contributed by atoms with Crippen molar-refractivity contribution in [2.24, 2.45) is 0 Å². The zero-order valence-electron chi connectivity index (χ0n) is 16.2. The number of fused-ring (bicyclic) bond motifs is 1. The first-order valence-electron chi connectivity index (χ1n) is 8.64. The van der Waals surface area contributed by atoms with Crippen LogP contribution in [0.4, 0.5) is 5.82 Å². The van der Waals surface area contributed by atoms with Gasteiger partial charge in [0.2, 0.25) is 0 Å². The number of thiophene rings is 1. The van der Waals surface area contributed by atoms with Crippen LogP contribution in [0.15, 0.2) is 18.2 Å². The molecule has 0 saturated heterocycles. The van der Waals surface area contributed by atoms with Gasteiger partial charge in [-0.15, -0.1) is 11.3 Å². The van der Waals surface area contributed by atoms with Gasteiger partial charge in [0, 0.05) is 20.0 Å². The summed E-state index contributed by atoms with van der Waals surface area (Å²) in [6, 6.07) is 8.08. The number of hydrogen-bond donors (Lipinski definition) is 0. The van der Waals surface area contributed by atoms with E-state index in [2.05, 4.69) is 17.9 Å². The number of ether oxygens (including phenoxy) is 2. The predicted octanol–water partition coefficient (Wildman–Crippen LogP) is 3.94. The number of aryl methyl sites for hydroxylation is 1. The van der Waals surface area contributed by atoms with Crippen LogP contribution in [-0.4, -0.2) is 37.8 Å². The Balaban J connectivity index is 2.09. The lowest BCUT2D eigenvalue weighted by atomic mass is 10.1. The Hall–Kier alpha value is -2.85. The summed E-state index contributed by atoms with van der Waals surface area (Å²) in [4.78, 5) is 13.2. The summed E-state index contributed by atoms with van der Waals surface area (Å²) in [7, 11) is 5.24. The quantitative estimate of drug-likeness (QED) is 0.643. The SMILES string of the molecule is CCN(C)c1nc(Cc2ccc(OC)c(OC)c2)nc2sc(C#N)c(C)c12. The summed E-state index contributed by atoms with van der Waals surface area (Å²) < 4.78 is 10.7. The van der Waals surface area contributed by atoms with E-state index in [0.29, 0.717) is 22.8 Å². The lowest BCUT2D eigenvalue weighted by Crippen LogP contribution is -2.18. The Morgan fingerprint density at radius 1 is 1.19 bits per heavy atom. The maximum absolute atomic E-state index is 9.39. The maximum Gasteiger partial charge on any atom is 0.161 e. The molecule has 0 bridgehead atoms. The first-order chi connectivity index (χ1) is 13.0. The number of anilines is 1. The topological polar surface area (TPSA) is 71.3 Å². The van der Waals surface area contributed by atoms with E-state index < -0.39 is 0 Å². The lowest BCUT2D eigenvalue weighted by molar-refractivity contribution is 0.354. The Bertz CT molecular complexity index is 1020. The van der Waals surface area contributed by atoms with Crippen LogP contribution in [0.1, 0.15) is 28.8 Å². The highest BCUT2D eigenvalue weighted by molar-refractivity contribution is 7.19. The van der Waals surface area contributed by atoms with Gasteiger partial charge < -0.3 is 14.4 Å². The van der Waals surface area contributed by atoms with Gasteiger partial charge in [-0.05, 0) is 37.1 Å². The number of aromatic nitrogens is 2.